The molecule has 11 atom stereocenters. The van der Waals surface area contributed by atoms with E-state index < -0.39 is 18.0 Å². The lowest BCUT2D eigenvalue weighted by molar-refractivity contribution is -0.332. The first kappa shape index (κ1) is 26.7. The molecule has 5 aliphatic rings. The number of rotatable bonds is 6. The summed E-state index contributed by atoms with van der Waals surface area (Å²) in [4.78, 5) is 12.7. The number of aliphatic carboxylic acids is 1. The Morgan fingerprint density at radius 2 is 1.64 bits per heavy atom. The van der Waals surface area contributed by atoms with Gasteiger partial charge in [-0.25, -0.2) is 0 Å². The normalized spacial score (nSPS) is 51.5. The molecule has 0 amide bonds. The minimum atomic E-state index is -0.745. The van der Waals surface area contributed by atoms with Crippen LogP contribution in [0.5, 0.6) is 0 Å². The molecule has 204 valence electrons. The Hall–Kier alpha value is -0.870. The molecule has 5 fully saturated rings. The molecule has 0 aromatic carbocycles. The first-order chi connectivity index (χ1) is 16.6. The van der Waals surface area contributed by atoms with Crippen molar-refractivity contribution >= 4 is 5.97 Å². The van der Waals surface area contributed by atoms with Gasteiger partial charge in [-0.2, -0.15) is 0 Å². The van der Waals surface area contributed by atoms with Crippen molar-refractivity contribution < 1.29 is 20.1 Å². The summed E-state index contributed by atoms with van der Waals surface area (Å²) in [5.74, 6) is 0.598. The summed E-state index contributed by atoms with van der Waals surface area (Å²) in [6.07, 6.45) is 7.86. The van der Waals surface area contributed by atoms with Crippen LogP contribution in [0.1, 0.15) is 106 Å². The van der Waals surface area contributed by atoms with Gasteiger partial charge in [-0.15, -0.1) is 0 Å². The van der Waals surface area contributed by atoms with Crippen LogP contribution in [0, 0.1) is 62.6 Å². The van der Waals surface area contributed by atoms with Gasteiger partial charge >= 0.3 is 5.97 Å². The minimum absolute atomic E-state index is 0.0464. The highest BCUT2D eigenvalue weighted by Crippen LogP contribution is 2.86. The summed E-state index contributed by atoms with van der Waals surface area (Å²) >= 11 is 0. The monoisotopic (exact) mass is 500 g/mol. The van der Waals surface area contributed by atoms with E-state index in [1.54, 1.807) is 0 Å². The maximum absolute atomic E-state index is 12.7. The number of carboxylic acid groups (broad SMARTS) is 1. The molecule has 5 aliphatic carbocycles. The van der Waals surface area contributed by atoms with E-state index in [-0.39, 0.29) is 39.1 Å². The third-order valence-corrected chi connectivity index (χ3v) is 14.0. The molecule has 4 nitrogen and oxygen atoms in total. The summed E-state index contributed by atoms with van der Waals surface area (Å²) in [6, 6.07) is 0. The van der Waals surface area contributed by atoms with Crippen molar-refractivity contribution in [1.29, 1.82) is 0 Å². The molecule has 0 radical (unpaired) electrons. The van der Waals surface area contributed by atoms with Crippen molar-refractivity contribution in [3.63, 3.8) is 0 Å². The van der Waals surface area contributed by atoms with Crippen LogP contribution in [0.25, 0.3) is 0 Å². The van der Waals surface area contributed by atoms with Gasteiger partial charge in [0.2, 0.25) is 0 Å². The molecule has 5 saturated carbocycles. The molecule has 0 aromatic heterocycles. The van der Waals surface area contributed by atoms with Gasteiger partial charge in [0, 0.05) is 5.92 Å². The fourth-order valence-corrected chi connectivity index (χ4v) is 11.8. The number of allylic oxidation sites excluding steroid dienone is 1. The second kappa shape index (κ2) is 8.07. The summed E-state index contributed by atoms with van der Waals surface area (Å²) in [6.45, 7) is 20.3. The maximum Gasteiger partial charge on any atom is 0.306 e. The lowest BCUT2D eigenvalue weighted by Gasteiger charge is -2.81. The highest BCUT2D eigenvalue weighted by molar-refractivity contribution is 5.71. The second-order valence-electron chi connectivity index (χ2n) is 15.6. The molecule has 0 saturated heterocycles. The first-order valence-corrected chi connectivity index (χ1v) is 14.8. The van der Waals surface area contributed by atoms with Gasteiger partial charge in [0.1, 0.15) is 0 Å². The SMILES string of the molecule is C=C(CC[C@@H](C(=O)O)[C@H]1[C@H](O)C[C@@]2(C)C3[C@H]4C[C@H]5C(C)(C)C(O)CC[C@]5(C)C3(CC[C@]12C)C4)C(C)C. The van der Waals surface area contributed by atoms with E-state index in [9.17, 15) is 20.1 Å². The van der Waals surface area contributed by atoms with E-state index in [0.717, 1.165) is 44.1 Å². The van der Waals surface area contributed by atoms with Crippen LogP contribution in [0.15, 0.2) is 12.2 Å². The zero-order chi connectivity index (χ0) is 26.6. The quantitative estimate of drug-likeness (QED) is 0.355. The van der Waals surface area contributed by atoms with Gasteiger partial charge in [0.05, 0.1) is 18.1 Å². The molecule has 36 heavy (non-hydrogen) atoms. The minimum Gasteiger partial charge on any atom is -0.481 e. The van der Waals surface area contributed by atoms with E-state index in [0.29, 0.717) is 30.1 Å². The van der Waals surface area contributed by atoms with Crippen molar-refractivity contribution in [3.8, 4) is 0 Å². The van der Waals surface area contributed by atoms with Crippen molar-refractivity contribution in [2.75, 3.05) is 0 Å². The number of fused-ring (bicyclic) bond motifs is 2. The van der Waals surface area contributed by atoms with E-state index in [1.807, 2.05) is 0 Å². The predicted octanol–water partition coefficient (Wildman–Crippen LogP) is 6.70. The molecular weight excluding hydrogens is 448 g/mol. The standard InChI is InChI=1S/C32H52O4/c1-18(2)19(3)9-10-21(27(35)36)25-22(33)17-31(8)26-20-15-23-28(4,5)24(34)11-12-29(23,6)32(26,16-20)14-13-30(25,31)7/h18,20-26,33-34H,3,9-17H2,1-2,4-8H3,(H,35,36)/t20-,21+,22+,23-,24?,25-,26?,29-,30+,31-,32?/m0/s1. The fraction of sp³-hybridized carbons (Fsp3) is 0.906. The van der Waals surface area contributed by atoms with Gasteiger partial charge in [-0.1, -0.05) is 60.6 Å². The lowest BCUT2D eigenvalue weighted by atomic mass is 9.23. The van der Waals surface area contributed by atoms with Crippen LogP contribution in [-0.4, -0.2) is 33.5 Å². The number of carboxylic acids is 1. The Bertz CT molecular complexity index is 938. The highest BCUT2D eigenvalue weighted by Gasteiger charge is 2.80. The molecule has 2 bridgehead atoms. The number of carbonyl (C=O) groups is 1. The van der Waals surface area contributed by atoms with Crippen molar-refractivity contribution in [2.45, 2.75) is 118 Å². The molecule has 5 rings (SSSR count). The molecule has 0 aromatic rings. The zero-order valence-corrected chi connectivity index (χ0v) is 23.9. The van der Waals surface area contributed by atoms with Crippen LogP contribution in [0.3, 0.4) is 0 Å². The predicted molar refractivity (Wildman–Crippen MR) is 143 cm³/mol. The molecule has 0 spiro atoms. The molecule has 3 N–H and O–H groups in total. The average Bonchev–Trinajstić information content (AvgIpc) is 2.95. The number of aliphatic hydroxyl groups excluding tert-OH is 2. The van der Waals surface area contributed by atoms with E-state index in [4.69, 9.17) is 0 Å². The van der Waals surface area contributed by atoms with Crippen LogP contribution in [-0.2, 0) is 4.79 Å². The molecule has 4 heteroatoms. The molecule has 3 unspecified atom stereocenters. The molecule has 0 aliphatic heterocycles. The first-order valence-electron chi connectivity index (χ1n) is 14.8. The second-order valence-corrected chi connectivity index (χ2v) is 15.6. The van der Waals surface area contributed by atoms with Gasteiger partial charge in [0.25, 0.3) is 0 Å². The largest absolute Gasteiger partial charge is 0.481 e. The Morgan fingerprint density at radius 3 is 2.25 bits per heavy atom. The average molecular weight is 501 g/mol. The van der Waals surface area contributed by atoms with E-state index >= 15 is 0 Å². The Balaban J connectivity index is 1.49. The lowest BCUT2D eigenvalue weighted by Crippen LogP contribution is -2.75. The van der Waals surface area contributed by atoms with Crippen LogP contribution in [0.2, 0.25) is 0 Å². The Labute approximate surface area is 219 Å². The molecule has 0 heterocycles. The summed E-state index contributed by atoms with van der Waals surface area (Å²) in [5, 5.41) is 33.0. The van der Waals surface area contributed by atoms with Crippen LogP contribution < -0.4 is 0 Å². The third-order valence-electron chi connectivity index (χ3n) is 14.0. The maximum atomic E-state index is 12.7. The van der Waals surface area contributed by atoms with Gasteiger partial charge in [-0.05, 0) is 109 Å². The summed E-state index contributed by atoms with van der Waals surface area (Å²) in [5.41, 5.74) is 1.31. The summed E-state index contributed by atoms with van der Waals surface area (Å²) in [7, 11) is 0. The highest BCUT2D eigenvalue weighted by atomic mass is 16.4. The van der Waals surface area contributed by atoms with Crippen molar-refractivity contribution in [3.05, 3.63) is 12.2 Å². The van der Waals surface area contributed by atoms with Crippen molar-refractivity contribution in [2.24, 2.45) is 62.6 Å². The number of aliphatic hydroxyl groups is 2. The number of hydrogen-bond donors (Lipinski definition) is 3. The number of hydrogen-bond acceptors (Lipinski definition) is 3. The Morgan fingerprint density at radius 1 is 0.972 bits per heavy atom. The van der Waals surface area contributed by atoms with Gasteiger partial charge in [0.15, 0.2) is 0 Å². The van der Waals surface area contributed by atoms with Crippen LogP contribution >= 0.6 is 0 Å². The van der Waals surface area contributed by atoms with E-state index in [1.165, 1.54) is 12.8 Å². The fourth-order valence-electron chi connectivity index (χ4n) is 11.8. The van der Waals surface area contributed by atoms with Gasteiger partial charge in [-0.3, -0.25) is 4.79 Å². The topological polar surface area (TPSA) is 77.8 Å². The molecular formula is C32H52O4. The summed E-state index contributed by atoms with van der Waals surface area (Å²) < 4.78 is 0. The smallest absolute Gasteiger partial charge is 0.306 e. The van der Waals surface area contributed by atoms with Crippen molar-refractivity contribution in [1.82, 2.24) is 0 Å². The van der Waals surface area contributed by atoms with E-state index in [2.05, 4.69) is 55.0 Å². The zero-order valence-electron chi connectivity index (χ0n) is 23.9. The third kappa shape index (κ3) is 3.09. The van der Waals surface area contributed by atoms with Gasteiger partial charge < -0.3 is 15.3 Å². The van der Waals surface area contributed by atoms with Crippen LogP contribution in [0.4, 0.5) is 0 Å². The Kier molecular flexibility index (Phi) is 5.99.